The molecule has 0 N–H and O–H groups in total. The summed E-state index contributed by atoms with van der Waals surface area (Å²) in [6, 6.07) is 22.4. The number of amides is 1. The first-order valence-electron chi connectivity index (χ1n) is 11.8. The van der Waals surface area contributed by atoms with E-state index in [0.717, 1.165) is 42.4 Å². The Hall–Kier alpha value is -4.24. The SMILES string of the molecule is O=C(Cn1c(=O)nc(-c2ccco2)c2nc(N3CCCC3)sc21)N(c1ccccc1)c1ccccc1. The predicted octanol–water partition coefficient (Wildman–Crippen LogP) is 5.08. The topological polar surface area (TPSA) is 84.5 Å². The maximum Gasteiger partial charge on any atom is 0.349 e. The molecule has 180 valence electrons. The van der Waals surface area contributed by atoms with E-state index in [9.17, 15) is 9.59 Å². The number of benzene rings is 2. The van der Waals surface area contributed by atoms with Crippen molar-refractivity contribution in [3.63, 3.8) is 0 Å². The fourth-order valence-electron chi connectivity index (χ4n) is 4.50. The summed E-state index contributed by atoms with van der Waals surface area (Å²) in [6.45, 7) is 1.66. The van der Waals surface area contributed by atoms with Crippen LogP contribution in [-0.4, -0.2) is 33.5 Å². The highest BCUT2D eigenvalue weighted by molar-refractivity contribution is 7.22. The summed E-state index contributed by atoms with van der Waals surface area (Å²) >= 11 is 1.42. The molecule has 0 bridgehead atoms. The lowest BCUT2D eigenvalue weighted by Gasteiger charge is -2.23. The Balaban J connectivity index is 1.46. The first-order valence-corrected chi connectivity index (χ1v) is 12.6. The van der Waals surface area contributed by atoms with Gasteiger partial charge in [0.05, 0.1) is 6.26 Å². The zero-order chi connectivity index (χ0) is 24.5. The minimum absolute atomic E-state index is 0.174. The smallest absolute Gasteiger partial charge is 0.349 e. The van der Waals surface area contributed by atoms with Gasteiger partial charge in [-0.1, -0.05) is 47.7 Å². The maximum atomic E-state index is 13.8. The van der Waals surface area contributed by atoms with Crippen LogP contribution >= 0.6 is 11.3 Å². The van der Waals surface area contributed by atoms with Crippen molar-refractivity contribution in [2.45, 2.75) is 19.4 Å². The van der Waals surface area contributed by atoms with E-state index in [0.29, 0.717) is 21.8 Å². The van der Waals surface area contributed by atoms with Crippen molar-refractivity contribution in [2.75, 3.05) is 22.9 Å². The summed E-state index contributed by atoms with van der Waals surface area (Å²) in [6.07, 6.45) is 3.75. The minimum Gasteiger partial charge on any atom is -0.463 e. The number of rotatable bonds is 6. The summed E-state index contributed by atoms with van der Waals surface area (Å²) in [5.74, 6) is 0.225. The summed E-state index contributed by atoms with van der Waals surface area (Å²) in [5.41, 5.74) is 1.89. The van der Waals surface area contributed by atoms with Crippen LogP contribution < -0.4 is 15.5 Å². The van der Waals surface area contributed by atoms with Crippen LogP contribution in [-0.2, 0) is 11.3 Å². The third kappa shape index (κ3) is 4.07. The summed E-state index contributed by atoms with van der Waals surface area (Å²) in [4.78, 5) is 40.7. The quantitative estimate of drug-likeness (QED) is 0.325. The molecule has 1 saturated heterocycles. The lowest BCUT2D eigenvalue weighted by Crippen LogP contribution is -2.34. The van der Waals surface area contributed by atoms with Crippen molar-refractivity contribution < 1.29 is 9.21 Å². The number of aromatic nitrogens is 3. The second-order valence-electron chi connectivity index (χ2n) is 8.55. The van der Waals surface area contributed by atoms with Crippen LogP contribution in [0.15, 0.2) is 88.3 Å². The largest absolute Gasteiger partial charge is 0.463 e. The second-order valence-corrected chi connectivity index (χ2v) is 9.51. The van der Waals surface area contributed by atoms with Gasteiger partial charge in [-0.2, -0.15) is 4.98 Å². The standard InChI is InChI=1S/C27H23N5O3S/c33-22(32(19-10-3-1-4-11-19)20-12-5-2-6-13-20)18-31-25-24(29-27(36-25)30-15-7-8-16-30)23(28-26(31)34)21-14-9-17-35-21/h1-6,9-14,17H,7-8,15-16,18H2. The van der Waals surface area contributed by atoms with Crippen molar-refractivity contribution in [3.8, 4) is 11.5 Å². The van der Waals surface area contributed by atoms with E-state index >= 15 is 0 Å². The zero-order valence-electron chi connectivity index (χ0n) is 19.4. The highest BCUT2D eigenvalue weighted by Crippen LogP contribution is 2.35. The van der Waals surface area contributed by atoms with Gasteiger partial charge in [-0.05, 0) is 49.2 Å². The molecule has 0 unspecified atom stereocenters. The van der Waals surface area contributed by atoms with Crippen LogP contribution in [0.5, 0.6) is 0 Å². The van der Waals surface area contributed by atoms with Gasteiger partial charge in [0.25, 0.3) is 5.91 Å². The number of hydrogen-bond acceptors (Lipinski definition) is 7. The lowest BCUT2D eigenvalue weighted by molar-refractivity contribution is -0.118. The Bertz CT molecular complexity index is 1520. The molecule has 5 aromatic rings. The van der Waals surface area contributed by atoms with Gasteiger partial charge in [0.2, 0.25) is 0 Å². The number of fused-ring (bicyclic) bond motifs is 1. The highest BCUT2D eigenvalue weighted by Gasteiger charge is 2.25. The van der Waals surface area contributed by atoms with Gasteiger partial charge >= 0.3 is 5.69 Å². The zero-order valence-corrected chi connectivity index (χ0v) is 20.2. The molecule has 6 rings (SSSR count). The van der Waals surface area contributed by atoms with Gasteiger partial charge in [-0.3, -0.25) is 14.3 Å². The number of anilines is 3. The number of carbonyl (C=O) groups is 1. The van der Waals surface area contributed by atoms with E-state index in [2.05, 4.69) is 9.88 Å². The molecule has 3 aromatic heterocycles. The predicted molar refractivity (Wildman–Crippen MR) is 141 cm³/mol. The van der Waals surface area contributed by atoms with Crippen LogP contribution in [0.2, 0.25) is 0 Å². The Morgan fingerprint density at radius 3 is 2.19 bits per heavy atom. The first-order chi connectivity index (χ1) is 17.7. The molecule has 0 radical (unpaired) electrons. The highest BCUT2D eigenvalue weighted by atomic mass is 32.1. The molecular weight excluding hydrogens is 474 g/mol. The van der Waals surface area contributed by atoms with E-state index in [4.69, 9.17) is 9.40 Å². The van der Waals surface area contributed by atoms with E-state index in [1.807, 2.05) is 60.7 Å². The average Bonchev–Trinajstić information content (AvgIpc) is 3.69. The molecule has 1 fully saturated rings. The maximum absolute atomic E-state index is 13.8. The van der Waals surface area contributed by atoms with Crippen LogP contribution in [0.3, 0.4) is 0 Å². The summed E-state index contributed by atoms with van der Waals surface area (Å²) in [5, 5.41) is 0.826. The molecule has 0 atom stereocenters. The summed E-state index contributed by atoms with van der Waals surface area (Å²) in [7, 11) is 0. The van der Waals surface area contributed by atoms with Gasteiger partial charge in [-0.25, -0.2) is 9.78 Å². The van der Waals surface area contributed by atoms with E-state index in [1.165, 1.54) is 15.9 Å². The normalized spacial score (nSPS) is 13.4. The number of hydrogen-bond donors (Lipinski definition) is 0. The van der Waals surface area contributed by atoms with Gasteiger partial charge in [0, 0.05) is 24.5 Å². The van der Waals surface area contributed by atoms with Crippen molar-refractivity contribution in [2.24, 2.45) is 0 Å². The fraction of sp³-hybridized carbons (Fsp3) is 0.185. The molecule has 36 heavy (non-hydrogen) atoms. The van der Waals surface area contributed by atoms with Crippen molar-refractivity contribution in [3.05, 3.63) is 89.5 Å². The Labute approximate surface area is 211 Å². The van der Waals surface area contributed by atoms with Crippen LogP contribution in [0.4, 0.5) is 16.5 Å². The van der Waals surface area contributed by atoms with E-state index in [1.54, 1.807) is 23.3 Å². The van der Waals surface area contributed by atoms with Gasteiger partial charge in [0.1, 0.15) is 22.6 Å². The lowest BCUT2D eigenvalue weighted by atomic mass is 10.2. The monoisotopic (exact) mass is 497 g/mol. The molecule has 4 heterocycles. The second kappa shape index (κ2) is 9.43. The van der Waals surface area contributed by atoms with Gasteiger partial charge in [-0.15, -0.1) is 0 Å². The number of thiazole rings is 1. The Morgan fingerprint density at radius 2 is 1.58 bits per heavy atom. The van der Waals surface area contributed by atoms with Crippen molar-refractivity contribution >= 4 is 44.1 Å². The molecule has 0 spiro atoms. The molecule has 1 amide bonds. The van der Waals surface area contributed by atoms with E-state index < -0.39 is 5.69 Å². The molecule has 2 aromatic carbocycles. The third-order valence-corrected chi connectivity index (χ3v) is 7.35. The summed E-state index contributed by atoms with van der Waals surface area (Å²) < 4.78 is 6.99. The van der Waals surface area contributed by atoms with E-state index in [-0.39, 0.29) is 12.5 Å². The van der Waals surface area contributed by atoms with Crippen molar-refractivity contribution in [1.29, 1.82) is 0 Å². The van der Waals surface area contributed by atoms with Crippen molar-refractivity contribution in [1.82, 2.24) is 14.5 Å². The molecule has 0 saturated carbocycles. The van der Waals surface area contributed by atoms with Crippen LogP contribution in [0.1, 0.15) is 12.8 Å². The fourth-order valence-corrected chi connectivity index (χ4v) is 5.61. The number of para-hydroxylation sites is 2. The molecule has 1 aliphatic heterocycles. The van der Waals surface area contributed by atoms with Crippen LogP contribution in [0.25, 0.3) is 21.8 Å². The Morgan fingerprint density at radius 1 is 0.917 bits per heavy atom. The molecule has 0 aliphatic carbocycles. The minimum atomic E-state index is -0.514. The number of furan rings is 1. The third-order valence-electron chi connectivity index (χ3n) is 6.21. The first kappa shape index (κ1) is 22.2. The molecule has 9 heteroatoms. The molecule has 1 aliphatic rings. The Kier molecular flexibility index (Phi) is 5.82. The average molecular weight is 498 g/mol. The van der Waals surface area contributed by atoms with Crippen LogP contribution in [0, 0.1) is 0 Å². The molecular formula is C27H23N5O3S. The number of carbonyl (C=O) groups excluding carboxylic acids is 1. The van der Waals surface area contributed by atoms with Gasteiger partial charge in [0.15, 0.2) is 10.9 Å². The number of nitrogens with zero attached hydrogens (tertiary/aromatic N) is 5. The van der Waals surface area contributed by atoms with Gasteiger partial charge < -0.3 is 9.32 Å². The molecule has 8 nitrogen and oxygen atoms in total.